The van der Waals surface area contributed by atoms with E-state index < -0.39 is 4.92 Å². The van der Waals surface area contributed by atoms with Gasteiger partial charge in [0.25, 0.3) is 5.91 Å². The summed E-state index contributed by atoms with van der Waals surface area (Å²) in [5, 5.41) is 15.2. The van der Waals surface area contributed by atoms with Gasteiger partial charge in [0.15, 0.2) is 0 Å². The average Bonchev–Trinajstić information content (AvgIpc) is 2.80. The number of fused-ring (bicyclic) bond motifs is 1. The van der Waals surface area contributed by atoms with Crippen LogP contribution in [0.15, 0.2) is 24.3 Å². The third-order valence-electron chi connectivity index (χ3n) is 3.99. The summed E-state index contributed by atoms with van der Waals surface area (Å²) in [5.41, 5.74) is 2.41. The Hall–Kier alpha value is -2.70. The fraction of sp³-hybridized carbons (Fsp3) is 0.333. The first kappa shape index (κ1) is 14.2. The zero-order chi connectivity index (χ0) is 15.9. The predicted molar refractivity (Wildman–Crippen MR) is 79.5 cm³/mol. The highest BCUT2D eigenvalue weighted by molar-refractivity contribution is 5.97. The summed E-state index contributed by atoms with van der Waals surface area (Å²) in [5.74, 6) is -0.343. The lowest BCUT2D eigenvalue weighted by atomic mass is 9.99. The molecule has 0 N–H and O–H groups in total. The molecule has 22 heavy (non-hydrogen) atoms. The number of carbonyl (C=O) groups is 1. The van der Waals surface area contributed by atoms with E-state index in [1.54, 1.807) is 18.9 Å². The van der Waals surface area contributed by atoms with E-state index in [4.69, 9.17) is 0 Å². The molecule has 0 atom stereocenters. The van der Waals surface area contributed by atoms with E-state index in [1.165, 1.54) is 10.2 Å². The van der Waals surface area contributed by atoms with Crippen molar-refractivity contribution in [3.8, 4) is 0 Å². The summed E-state index contributed by atoms with van der Waals surface area (Å²) in [6.07, 6.45) is 0.756. The minimum Gasteiger partial charge on any atom is -0.332 e. The number of amides is 1. The molecule has 0 unspecified atom stereocenters. The molecule has 1 aromatic carbocycles. The zero-order valence-electron chi connectivity index (χ0n) is 12.4. The zero-order valence-corrected chi connectivity index (χ0v) is 12.4. The predicted octanol–water partition coefficient (Wildman–Crippen LogP) is 1.84. The summed E-state index contributed by atoms with van der Waals surface area (Å²) in [7, 11) is 1.56. The highest BCUT2D eigenvalue weighted by Crippen LogP contribution is 2.26. The second-order valence-electron chi connectivity index (χ2n) is 5.41. The van der Waals surface area contributed by atoms with Crippen LogP contribution in [-0.2, 0) is 20.0 Å². The van der Waals surface area contributed by atoms with Crippen molar-refractivity contribution < 1.29 is 9.72 Å². The number of carbonyl (C=O) groups excluding carboxylic acids is 1. The van der Waals surface area contributed by atoms with Gasteiger partial charge in [-0.1, -0.05) is 24.3 Å². The van der Waals surface area contributed by atoms with Gasteiger partial charge in [-0.05, 0) is 24.5 Å². The Balaban J connectivity index is 1.95. The Morgan fingerprint density at radius 3 is 2.68 bits per heavy atom. The largest absolute Gasteiger partial charge is 0.332 e. The van der Waals surface area contributed by atoms with E-state index >= 15 is 0 Å². The summed E-state index contributed by atoms with van der Waals surface area (Å²) < 4.78 is 1.30. The Labute approximate surface area is 127 Å². The molecule has 0 radical (unpaired) electrons. The summed E-state index contributed by atoms with van der Waals surface area (Å²) in [6.45, 7) is 2.56. The van der Waals surface area contributed by atoms with Gasteiger partial charge in [0.2, 0.25) is 5.69 Å². The Kier molecular flexibility index (Phi) is 3.40. The maximum Gasteiger partial charge on any atom is 0.322 e. The van der Waals surface area contributed by atoms with E-state index in [-0.39, 0.29) is 23.0 Å². The lowest BCUT2D eigenvalue weighted by Gasteiger charge is -2.28. The smallest absolute Gasteiger partial charge is 0.322 e. The molecule has 0 bridgehead atoms. The van der Waals surface area contributed by atoms with Crippen molar-refractivity contribution in [1.29, 1.82) is 0 Å². The quantitative estimate of drug-likeness (QED) is 0.626. The molecular formula is C15H16N4O3. The maximum absolute atomic E-state index is 12.7. The number of nitrogens with zero attached hydrogens (tertiary/aromatic N) is 4. The van der Waals surface area contributed by atoms with E-state index in [0.717, 1.165) is 12.0 Å². The Bertz CT molecular complexity index is 766. The van der Waals surface area contributed by atoms with Crippen molar-refractivity contribution in [1.82, 2.24) is 14.7 Å². The van der Waals surface area contributed by atoms with Crippen LogP contribution in [-0.4, -0.2) is 32.1 Å². The molecule has 2 aromatic rings. The Morgan fingerprint density at radius 2 is 2.00 bits per heavy atom. The molecule has 1 amide bonds. The van der Waals surface area contributed by atoms with Crippen molar-refractivity contribution in [3.63, 3.8) is 0 Å². The SMILES string of the molecule is Cc1nn(C)c(C(=O)N2CCc3ccccc3C2)c1[N+](=O)[O-]. The lowest BCUT2D eigenvalue weighted by Crippen LogP contribution is -2.37. The number of aryl methyl sites for hydroxylation is 2. The molecule has 3 rings (SSSR count). The number of aromatic nitrogens is 2. The number of hydrogen-bond acceptors (Lipinski definition) is 4. The number of hydrogen-bond donors (Lipinski definition) is 0. The van der Waals surface area contributed by atoms with Gasteiger partial charge < -0.3 is 4.90 Å². The molecule has 0 saturated carbocycles. The first-order valence-corrected chi connectivity index (χ1v) is 7.03. The minimum atomic E-state index is -0.534. The molecule has 2 heterocycles. The second-order valence-corrected chi connectivity index (χ2v) is 5.41. The standard InChI is InChI=1S/C15H16N4O3/c1-10-13(19(21)22)14(17(2)16-10)15(20)18-8-7-11-5-3-4-6-12(11)9-18/h3-6H,7-9H2,1-2H3. The number of rotatable bonds is 2. The third kappa shape index (κ3) is 2.24. The molecule has 1 aliphatic heterocycles. The fourth-order valence-corrected chi connectivity index (χ4v) is 2.92. The summed E-state index contributed by atoms with van der Waals surface area (Å²) in [6, 6.07) is 7.95. The van der Waals surface area contributed by atoms with Crippen molar-refractivity contribution >= 4 is 11.6 Å². The topological polar surface area (TPSA) is 81.3 Å². The van der Waals surface area contributed by atoms with Crippen LogP contribution < -0.4 is 0 Å². The van der Waals surface area contributed by atoms with Crippen LogP contribution >= 0.6 is 0 Å². The van der Waals surface area contributed by atoms with Gasteiger partial charge in [-0.3, -0.25) is 19.6 Å². The molecular weight excluding hydrogens is 284 g/mol. The number of nitro groups is 1. The molecule has 0 spiro atoms. The second kappa shape index (κ2) is 5.25. The van der Waals surface area contributed by atoms with Crippen LogP contribution in [0, 0.1) is 17.0 Å². The van der Waals surface area contributed by atoms with Gasteiger partial charge >= 0.3 is 5.69 Å². The normalized spacial score (nSPS) is 13.8. The van der Waals surface area contributed by atoms with Gasteiger partial charge in [-0.25, -0.2) is 0 Å². The van der Waals surface area contributed by atoms with Crippen LogP contribution in [0.1, 0.15) is 27.3 Å². The fourth-order valence-electron chi connectivity index (χ4n) is 2.92. The number of benzene rings is 1. The molecule has 0 saturated heterocycles. The highest BCUT2D eigenvalue weighted by atomic mass is 16.6. The van der Waals surface area contributed by atoms with Crippen molar-refractivity contribution in [2.75, 3.05) is 6.54 Å². The molecule has 114 valence electrons. The van der Waals surface area contributed by atoms with Crippen molar-refractivity contribution in [2.45, 2.75) is 19.9 Å². The van der Waals surface area contributed by atoms with E-state index in [2.05, 4.69) is 5.10 Å². The van der Waals surface area contributed by atoms with E-state index in [9.17, 15) is 14.9 Å². The highest BCUT2D eigenvalue weighted by Gasteiger charge is 2.33. The van der Waals surface area contributed by atoms with Gasteiger partial charge in [-0.2, -0.15) is 5.10 Å². The third-order valence-corrected chi connectivity index (χ3v) is 3.99. The molecule has 1 aliphatic rings. The first-order chi connectivity index (χ1) is 10.5. The molecule has 7 nitrogen and oxygen atoms in total. The van der Waals surface area contributed by atoms with Crippen LogP contribution in [0.2, 0.25) is 0 Å². The van der Waals surface area contributed by atoms with Crippen LogP contribution in [0.5, 0.6) is 0 Å². The lowest BCUT2D eigenvalue weighted by molar-refractivity contribution is -0.385. The summed E-state index contributed by atoms with van der Waals surface area (Å²) in [4.78, 5) is 25.1. The van der Waals surface area contributed by atoms with Gasteiger partial charge in [0.1, 0.15) is 5.69 Å². The van der Waals surface area contributed by atoms with Gasteiger partial charge in [-0.15, -0.1) is 0 Å². The minimum absolute atomic E-state index is 0.0434. The van der Waals surface area contributed by atoms with Crippen molar-refractivity contribution in [2.24, 2.45) is 7.05 Å². The van der Waals surface area contributed by atoms with Crippen LogP contribution in [0.4, 0.5) is 5.69 Å². The molecule has 0 fully saturated rings. The molecule has 7 heteroatoms. The van der Waals surface area contributed by atoms with Gasteiger partial charge in [0.05, 0.1) is 4.92 Å². The molecule has 1 aromatic heterocycles. The Morgan fingerprint density at radius 1 is 1.32 bits per heavy atom. The van der Waals surface area contributed by atoms with Crippen LogP contribution in [0.3, 0.4) is 0 Å². The van der Waals surface area contributed by atoms with Gasteiger partial charge in [0, 0.05) is 20.1 Å². The van der Waals surface area contributed by atoms with Crippen molar-refractivity contribution in [3.05, 3.63) is 56.9 Å². The monoisotopic (exact) mass is 300 g/mol. The first-order valence-electron chi connectivity index (χ1n) is 7.03. The maximum atomic E-state index is 12.7. The van der Waals surface area contributed by atoms with Crippen LogP contribution in [0.25, 0.3) is 0 Å². The average molecular weight is 300 g/mol. The molecule has 0 aliphatic carbocycles. The van der Waals surface area contributed by atoms with E-state index in [1.807, 2.05) is 24.3 Å². The van der Waals surface area contributed by atoms with E-state index in [0.29, 0.717) is 13.1 Å². The summed E-state index contributed by atoms with van der Waals surface area (Å²) >= 11 is 0.